The molecule has 0 aliphatic carbocycles. The van der Waals surface area contributed by atoms with Gasteiger partial charge in [0, 0.05) is 17.9 Å². The first-order chi connectivity index (χ1) is 9.22. The van der Waals surface area contributed by atoms with Crippen molar-refractivity contribution in [3.8, 4) is 22.8 Å². The van der Waals surface area contributed by atoms with Gasteiger partial charge >= 0.3 is 0 Å². The lowest BCUT2D eigenvalue weighted by Gasteiger charge is -2.18. The maximum absolute atomic E-state index is 11.0. The number of hydrogen-bond acceptors (Lipinski definition) is 5. The Labute approximate surface area is 114 Å². The highest BCUT2D eigenvalue weighted by Gasteiger charge is 2.13. The lowest BCUT2D eigenvalue weighted by atomic mass is 10.1. The van der Waals surface area contributed by atoms with E-state index >= 15 is 0 Å². The second kappa shape index (κ2) is 4.89. The van der Waals surface area contributed by atoms with E-state index in [1.165, 1.54) is 18.3 Å². The molecule has 98 valence electrons. The van der Waals surface area contributed by atoms with Crippen LogP contribution in [0.25, 0.3) is 11.3 Å². The minimum atomic E-state index is -0.122. The number of thiazole rings is 1. The van der Waals surface area contributed by atoms with Gasteiger partial charge in [0.1, 0.15) is 13.2 Å². The summed E-state index contributed by atoms with van der Waals surface area (Å²) >= 11 is 1.39. The third-order valence-electron chi connectivity index (χ3n) is 2.63. The van der Waals surface area contributed by atoms with Crippen LogP contribution in [0.5, 0.6) is 11.5 Å². The molecule has 0 saturated heterocycles. The molecule has 1 aromatic heterocycles. The maximum atomic E-state index is 11.0. The number of hydrogen-bond donors (Lipinski definition) is 1. The van der Waals surface area contributed by atoms with Crippen molar-refractivity contribution >= 4 is 22.4 Å². The summed E-state index contributed by atoms with van der Waals surface area (Å²) in [6.07, 6.45) is 0. The molecule has 1 amide bonds. The summed E-state index contributed by atoms with van der Waals surface area (Å²) in [5, 5.41) is 5.16. The van der Waals surface area contributed by atoms with Crippen LogP contribution < -0.4 is 14.8 Å². The Kier molecular flexibility index (Phi) is 3.08. The number of ether oxygens (including phenoxy) is 2. The molecule has 0 unspecified atom stereocenters. The van der Waals surface area contributed by atoms with Gasteiger partial charge in [0.2, 0.25) is 5.91 Å². The summed E-state index contributed by atoms with van der Waals surface area (Å²) in [5.74, 6) is 1.37. The molecular formula is C13H12N2O3S. The van der Waals surface area contributed by atoms with Crippen molar-refractivity contribution in [2.45, 2.75) is 6.92 Å². The highest BCUT2D eigenvalue weighted by Crippen LogP contribution is 2.35. The third-order valence-corrected chi connectivity index (χ3v) is 3.38. The lowest BCUT2D eigenvalue weighted by molar-refractivity contribution is -0.114. The number of carbonyl (C=O) groups is 1. The van der Waals surface area contributed by atoms with E-state index in [0.29, 0.717) is 18.3 Å². The molecule has 1 aliphatic rings. The third kappa shape index (κ3) is 2.53. The second-order valence-electron chi connectivity index (χ2n) is 4.08. The van der Waals surface area contributed by atoms with E-state index in [-0.39, 0.29) is 5.91 Å². The fourth-order valence-corrected chi connectivity index (χ4v) is 2.58. The summed E-state index contributed by atoms with van der Waals surface area (Å²) < 4.78 is 11.0. The normalized spacial score (nSPS) is 13.1. The molecule has 1 aliphatic heterocycles. The molecular weight excluding hydrogens is 264 g/mol. The van der Waals surface area contributed by atoms with Gasteiger partial charge in [-0.15, -0.1) is 11.3 Å². The standard InChI is InChI=1S/C13H12N2O3S/c1-8(16)14-13-15-10(7-19-13)9-2-3-11-12(6-9)18-5-4-17-11/h2-3,6-7H,4-5H2,1H3,(H,14,15,16). The monoisotopic (exact) mass is 276 g/mol. The molecule has 3 rings (SSSR count). The van der Waals surface area contributed by atoms with E-state index in [2.05, 4.69) is 10.3 Å². The van der Waals surface area contributed by atoms with Gasteiger partial charge in [-0.25, -0.2) is 4.98 Å². The number of anilines is 1. The molecule has 2 aromatic rings. The molecule has 0 spiro atoms. The Morgan fingerprint density at radius 1 is 1.32 bits per heavy atom. The van der Waals surface area contributed by atoms with Crippen LogP contribution in [0.4, 0.5) is 5.13 Å². The molecule has 1 N–H and O–H groups in total. The Bertz CT molecular complexity index is 624. The van der Waals surface area contributed by atoms with Crippen molar-refractivity contribution in [2.24, 2.45) is 0 Å². The zero-order valence-corrected chi connectivity index (χ0v) is 11.1. The Hall–Kier alpha value is -2.08. The van der Waals surface area contributed by atoms with E-state index in [9.17, 15) is 4.79 Å². The molecule has 19 heavy (non-hydrogen) atoms. The largest absolute Gasteiger partial charge is 0.486 e. The molecule has 0 saturated carbocycles. The van der Waals surface area contributed by atoms with Crippen LogP contribution in [0.2, 0.25) is 0 Å². The first-order valence-corrected chi connectivity index (χ1v) is 6.73. The van der Waals surface area contributed by atoms with E-state index in [1.807, 2.05) is 23.6 Å². The van der Waals surface area contributed by atoms with E-state index in [0.717, 1.165) is 22.8 Å². The van der Waals surface area contributed by atoms with Crippen molar-refractivity contribution in [1.82, 2.24) is 4.98 Å². The minimum Gasteiger partial charge on any atom is -0.486 e. The van der Waals surface area contributed by atoms with Crippen LogP contribution in [0.15, 0.2) is 23.6 Å². The molecule has 0 atom stereocenters. The summed E-state index contributed by atoms with van der Waals surface area (Å²) in [6, 6.07) is 5.71. The van der Waals surface area contributed by atoms with Crippen LogP contribution in [0.3, 0.4) is 0 Å². The summed E-state index contributed by atoms with van der Waals surface area (Å²) in [6.45, 7) is 2.60. The molecule has 1 aromatic carbocycles. The van der Waals surface area contributed by atoms with Crippen molar-refractivity contribution in [3.05, 3.63) is 23.6 Å². The van der Waals surface area contributed by atoms with Crippen LogP contribution in [0, 0.1) is 0 Å². The smallest absolute Gasteiger partial charge is 0.223 e. The number of nitrogens with zero attached hydrogens (tertiary/aromatic N) is 1. The van der Waals surface area contributed by atoms with Gasteiger partial charge < -0.3 is 14.8 Å². The highest BCUT2D eigenvalue weighted by atomic mass is 32.1. The average molecular weight is 276 g/mol. The van der Waals surface area contributed by atoms with Gasteiger partial charge in [0.05, 0.1) is 5.69 Å². The minimum absolute atomic E-state index is 0.122. The fourth-order valence-electron chi connectivity index (χ4n) is 1.82. The highest BCUT2D eigenvalue weighted by molar-refractivity contribution is 7.14. The van der Waals surface area contributed by atoms with Crippen molar-refractivity contribution in [3.63, 3.8) is 0 Å². The van der Waals surface area contributed by atoms with E-state index < -0.39 is 0 Å². The van der Waals surface area contributed by atoms with Gasteiger partial charge in [-0.2, -0.15) is 0 Å². The molecule has 0 bridgehead atoms. The van der Waals surface area contributed by atoms with E-state index in [1.54, 1.807) is 0 Å². The van der Waals surface area contributed by atoms with Gasteiger partial charge in [-0.1, -0.05) is 0 Å². The van der Waals surface area contributed by atoms with Gasteiger partial charge in [0.25, 0.3) is 0 Å². The first-order valence-electron chi connectivity index (χ1n) is 5.85. The Morgan fingerprint density at radius 2 is 2.11 bits per heavy atom. The predicted molar refractivity (Wildman–Crippen MR) is 72.8 cm³/mol. The van der Waals surface area contributed by atoms with Gasteiger partial charge in [-0.05, 0) is 18.2 Å². The van der Waals surface area contributed by atoms with Gasteiger partial charge in [-0.3, -0.25) is 4.79 Å². The Balaban J connectivity index is 1.89. The fraction of sp³-hybridized carbons (Fsp3) is 0.231. The molecule has 0 radical (unpaired) electrons. The molecule has 2 heterocycles. The topological polar surface area (TPSA) is 60.5 Å². The SMILES string of the molecule is CC(=O)Nc1nc(-c2ccc3c(c2)OCCO3)cs1. The van der Waals surface area contributed by atoms with Gasteiger partial charge in [0.15, 0.2) is 16.6 Å². The predicted octanol–water partition coefficient (Wildman–Crippen LogP) is 2.54. The average Bonchev–Trinajstić information content (AvgIpc) is 2.86. The van der Waals surface area contributed by atoms with Crippen molar-refractivity contribution in [1.29, 1.82) is 0 Å². The van der Waals surface area contributed by atoms with Crippen LogP contribution in [0.1, 0.15) is 6.92 Å². The van der Waals surface area contributed by atoms with Crippen LogP contribution >= 0.6 is 11.3 Å². The van der Waals surface area contributed by atoms with Crippen molar-refractivity contribution in [2.75, 3.05) is 18.5 Å². The van der Waals surface area contributed by atoms with Crippen LogP contribution in [-0.2, 0) is 4.79 Å². The molecule has 5 nitrogen and oxygen atoms in total. The summed E-state index contributed by atoms with van der Waals surface area (Å²) in [7, 11) is 0. The Morgan fingerprint density at radius 3 is 2.89 bits per heavy atom. The zero-order chi connectivity index (χ0) is 13.2. The quantitative estimate of drug-likeness (QED) is 0.915. The van der Waals surface area contributed by atoms with E-state index in [4.69, 9.17) is 9.47 Å². The molecule has 0 fully saturated rings. The number of amides is 1. The second-order valence-corrected chi connectivity index (χ2v) is 4.94. The number of fused-ring (bicyclic) bond motifs is 1. The van der Waals surface area contributed by atoms with Crippen molar-refractivity contribution < 1.29 is 14.3 Å². The van der Waals surface area contributed by atoms with Crippen LogP contribution in [-0.4, -0.2) is 24.1 Å². The number of benzene rings is 1. The maximum Gasteiger partial charge on any atom is 0.223 e. The lowest BCUT2D eigenvalue weighted by Crippen LogP contribution is -2.15. The number of aromatic nitrogens is 1. The summed E-state index contributed by atoms with van der Waals surface area (Å²) in [4.78, 5) is 15.3. The summed E-state index contributed by atoms with van der Waals surface area (Å²) in [5.41, 5.74) is 1.75. The number of rotatable bonds is 2. The zero-order valence-electron chi connectivity index (χ0n) is 10.3. The number of carbonyl (C=O) groups excluding carboxylic acids is 1. The number of nitrogens with one attached hydrogen (secondary N) is 1. The molecule has 6 heteroatoms. The first kappa shape index (κ1) is 12.0.